The number of hydrogen-bond donors (Lipinski definition) is 0. The SMILES string of the molecule is COC(=O)[C@]1(C)CCC(c2ccc(OCc3ccccc3F)c(OC)c2)N1C(=O)OC(C)(C)C. The molecule has 3 rings (SSSR count). The Kier molecular flexibility index (Phi) is 7.38. The molecule has 34 heavy (non-hydrogen) atoms. The molecule has 1 unspecified atom stereocenters. The average molecular weight is 474 g/mol. The second-order valence-electron chi connectivity index (χ2n) is 9.46. The third-order valence-electron chi connectivity index (χ3n) is 5.88. The third kappa shape index (κ3) is 5.26. The highest BCUT2D eigenvalue weighted by Crippen LogP contribution is 2.45. The summed E-state index contributed by atoms with van der Waals surface area (Å²) in [5, 5.41) is 0. The number of nitrogens with zero attached hydrogens (tertiary/aromatic N) is 1. The molecular formula is C26H32FNO6. The van der Waals surface area contributed by atoms with Crippen molar-refractivity contribution in [1.82, 2.24) is 4.90 Å². The summed E-state index contributed by atoms with van der Waals surface area (Å²) in [6, 6.07) is 11.2. The van der Waals surface area contributed by atoms with Gasteiger partial charge in [0, 0.05) is 5.56 Å². The lowest BCUT2D eigenvalue weighted by atomic mass is 9.99. The first-order chi connectivity index (χ1) is 16.0. The van der Waals surface area contributed by atoms with E-state index >= 15 is 0 Å². The Morgan fingerprint density at radius 2 is 1.82 bits per heavy atom. The molecule has 8 heteroatoms. The van der Waals surface area contributed by atoms with Crippen molar-refractivity contribution in [3.05, 3.63) is 59.4 Å². The van der Waals surface area contributed by atoms with Crippen molar-refractivity contribution in [2.75, 3.05) is 14.2 Å². The Labute approximate surface area is 199 Å². The standard InChI is InChI=1S/C26H32FNO6/c1-25(2,3)34-24(30)28-20(13-14-26(28,4)23(29)32-6)17-11-12-21(22(15-17)31-5)33-16-18-9-7-8-10-19(18)27/h7-12,15,20H,13-14,16H2,1-6H3/t20?,26-/m0/s1. The fourth-order valence-corrected chi connectivity index (χ4v) is 4.17. The van der Waals surface area contributed by atoms with Crippen LogP contribution >= 0.6 is 0 Å². The Balaban J connectivity index is 1.91. The van der Waals surface area contributed by atoms with Crippen molar-refractivity contribution >= 4 is 12.1 Å². The first kappa shape index (κ1) is 25.3. The van der Waals surface area contributed by atoms with Gasteiger partial charge in [-0.15, -0.1) is 0 Å². The largest absolute Gasteiger partial charge is 0.493 e. The molecule has 1 amide bonds. The first-order valence-corrected chi connectivity index (χ1v) is 11.1. The van der Waals surface area contributed by atoms with Crippen LogP contribution in [0.4, 0.5) is 9.18 Å². The highest BCUT2D eigenvalue weighted by Gasteiger charge is 2.53. The Morgan fingerprint density at radius 3 is 2.44 bits per heavy atom. The summed E-state index contributed by atoms with van der Waals surface area (Å²) in [6.45, 7) is 7.05. The molecule has 0 aromatic heterocycles. The number of methoxy groups -OCH3 is 2. The van der Waals surface area contributed by atoms with Crippen LogP contribution in [-0.2, 0) is 20.9 Å². The van der Waals surface area contributed by atoms with Gasteiger partial charge in [0.15, 0.2) is 11.5 Å². The molecule has 1 aliphatic heterocycles. The van der Waals surface area contributed by atoms with E-state index in [2.05, 4.69) is 0 Å². The molecule has 7 nitrogen and oxygen atoms in total. The molecule has 0 aliphatic carbocycles. The molecule has 2 aromatic rings. The lowest BCUT2D eigenvalue weighted by molar-refractivity contribution is -0.152. The van der Waals surface area contributed by atoms with Gasteiger partial charge in [0.1, 0.15) is 23.6 Å². The zero-order chi connectivity index (χ0) is 25.1. The summed E-state index contributed by atoms with van der Waals surface area (Å²) in [5.74, 6) is 0.0218. The summed E-state index contributed by atoms with van der Waals surface area (Å²) in [7, 11) is 2.81. The number of carbonyl (C=O) groups excluding carboxylic acids is 2. The number of hydrogen-bond acceptors (Lipinski definition) is 6. The molecule has 1 saturated heterocycles. The Hall–Kier alpha value is -3.29. The number of ether oxygens (including phenoxy) is 4. The van der Waals surface area contributed by atoms with Crippen molar-refractivity contribution in [2.24, 2.45) is 0 Å². The van der Waals surface area contributed by atoms with Crippen molar-refractivity contribution < 1.29 is 32.9 Å². The van der Waals surface area contributed by atoms with Crippen molar-refractivity contribution in [3.63, 3.8) is 0 Å². The highest BCUT2D eigenvalue weighted by atomic mass is 19.1. The number of carbonyl (C=O) groups is 2. The van der Waals surface area contributed by atoms with Gasteiger partial charge in [-0.05, 0) is 64.3 Å². The fourth-order valence-electron chi connectivity index (χ4n) is 4.17. The molecule has 0 bridgehead atoms. The number of rotatable bonds is 6. The van der Waals surface area contributed by atoms with Gasteiger partial charge >= 0.3 is 12.1 Å². The van der Waals surface area contributed by atoms with Crippen LogP contribution in [-0.4, -0.2) is 42.3 Å². The van der Waals surface area contributed by atoms with E-state index in [-0.39, 0.29) is 12.4 Å². The number of halogens is 1. The maximum Gasteiger partial charge on any atom is 0.411 e. The number of benzene rings is 2. The highest BCUT2D eigenvalue weighted by molar-refractivity contribution is 5.86. The lowest BCUT2D eigenvalue weighted by Crippen LogP contribution is -2.53. The quantitative estimate of drug-likeness (QED) is 0.522. The van der Waals surface area contributed by atoms with E-state index in [9.17, 15) is 14.0 Å². The second-order valence-corrected chi connectivity index (χ2v) is 9.46. The van der Waals surface area contributed by atoms with Gasteiger partial charge in [-0.3, -0.25) is 4.90 Å². The second kappa shape index (κ2) is 9.91. The third-order valence-corrected chi connectivity index (χ3v) is 5.88. The zero-order valence-electron chi connectivity index (χ0n) is 20.5. The van der Waals surface area contributed by atoms with Crippen molar-refractivity contribution in [2.45, 2.75) is 64.3 Å². The van der Waals surface area contributed by atoms with E-state index in [0.29, 0.717) is 29.9 Å². The Bertz CT molecular complexity index is 1050. The molecule has 184 valence electrons. The summed E-state index contributed by atoms with van der Waals surface area (Å²) in [6.07, 6.45) is 0.350. The molecular weight excluding hydrogens is 441 g/mol. The van der Waals surface area contributed by atoms with Crippen LogP contribution in [0.3, 0.4) is 0 Å². The number of amides is 1. The minimum Gasteiger partial charge on any atom is -0.493 e. The maximum absolute atomic E-state index is 13.9. The number of esters is 1. The lowest BCUT2D eigenvalue weighted by Gasteiger charge is -2.37. The molecule has 0 N–H and O–H groups in total. The maximum atomic E-state index is 13.9. The summed E-state index contributed by atoms with van der Waals surface area (Å²) in [5.41, 5.74) is -0.721. The minimum absolute atomic E-state index is 0.0380. The smallest absolute Gasteiger partial charge is 0.411 e. The summed E-state index contributed by atoms with van der Waals surface area (Å²) >= 11 is 0. The van der Waals surface area contributed by atoms with Crippen LogP contribution in [0.2, 0.25) is 0 Å². The van der Waals surface area contributed by atoms with Gasteiger partial charge in [0.05, 0.1) is 20.3 Å². The van der Waals surface area contributed by atoms with Crippen LogP contribution in [0.15, 0.2) is 42.5 Å². The van der Waals surface area contributed by atoms with Crippen LogP contribution < -0.4 is 9.47 Å². The zero-order valence-corrected chi connectivity index (χ0v) is 20.5. The van der Waals surface area contributed by atoms with E-state index in [1.165, 1.54) is 25.2 Å². The molecule has 0 saturated carbocycles. The van der Waals surface area contributed by atoms with E-state index < -0.39 is 29.2 Å². The molecule has 0 radical (unpaired) electrons. The molecule has 2 atom stereocenters. The summed E-state index contributed by atoms with van der Waals surface area (Å²) < 4.78 is 35.9. The average Bonchev–Trinajstić information content (AvgIpc) is 3.15. The van der Waals surface area contributed by atoms with Crippen LogP contribution in [0, 0.1) is 5.82 Å². The Morgan fingerprint density at radius 1 is 1.12 bits per heavy atom. The molecule has 1 aliphatic rings. The van der Waals surface area contributed by atoms with Gasteiger partial charge in [0.25, 0.3) is 0 Å². The van der Waals surface area contributed by atoms with E-state index in [1.807, 2.05) is 6.07 Å². The van der Waals surface area contributed by atoms with Gasteiger partial charge in [0.2, 0.25) is 0 Å². The van der Waals surface area contributed by atoms with Gasteiger partial charge < -0.3 is 18.9 Å². The van der Waals surface area contributed by atoms with Crippen molar-refractivity contribution in [1.29, 1.82) is 0 Å². The summed E-state index contributed by atoms with van der Waals surface area (Å²) in [4.78, 5) is 27.3. The predicted molar refractivity (Wildman–Crippen MR) is 124 cm³/mol. The van der Waals surface area contributed by atoms with Gasteiger partial charge in [-0.25, -0.2) is 14.0 Å². The van der Waals surface area contributed by atoms with E-state index in [0.717, 1.165) is 5.56 Å². The predicted octanol–water partition coefficient (Wildman–Crippen LogP) is 5.42. The van der Waals surface area contributed by atoms with E-state index in [1.54, 1.807) is 58.0 Å². The molecule has 2 aromatic carbocycles. The molecule has 1 heterocycles. The fraction of sp³-hybridized carbons (Fsp3) is 0.462. The monoisotopic (exact) mass is 473 g/mol. The number of likely N-dealkylation sites (tertiary alicyclic amines) is 1. The first-order valence-electron chi connectivity index (χ1n) is 11.1. The van der Waals surface area contributed by atoms with Crippen LogP contribution in [0.25, 0.3) is 0 Å². The van der Waals surface area contributed by atoms with E-state index in [4.69, 9.17) is 18.9 Å². The van der Waals surface area contributed by atoms with Crippen LogP contribution in [0.5, 0.6) is 11.5 Å². The molecule has 1 fully saturated rings. The minimum atomic E-state index is -1.17. The van der Waals surface area contributed by atoms with Crippen molar-refractivity contribution in [3.8, 4) is 11.5 Å². The van der Waals surface area contributed by atoms with Gasteiger partial charge in [-0.2, -0.15) is 0 Å². The topological polar surface area (TPSA) is 74.3 Å². The van der Waals surface area contributed by atoms with Crippen LogP contribution in [0.1, 0.15) is 57.7 Å². The normalized spacial score (nSPS) is 20.1. The van der Waals surface area contributed by atoms with Gasteiger partial charge in [-0.1, -0.05) is 24.3 Å². The molecule has 0 spiro atoms.